The first-order chi connectivity index (χ1) is 12.2. The average Bonchev–Trinajstić information content (AvgIpc) is 3.10. The van der Waals surface area contributed by atoms with Crippen molar-refractivity contribution >= 4 is 17.4 Å². The summed E-state index contributed by atoms with van der Waals surface area (Å²) in [5.41, 5.74) is 2.12. The van der Waals surface area contributed by atoms with Crippen LogP contribution in [0.2, 0.25) is 0 Å². The number of rotatable bonds is 6. The van der Waals surface area contributed by atoms with Gasteiger partial charge in [-0.15, -0.1) is 11.3 Å². The van der Waals surface area contributed by atoms with Gasteiger partial charge in [-0.1, -0.05) is 39.8 Å². The Hall–Kier alpha value is -2.08. The van der Waals surface area contributed by atoms with Gasteiger partial charge in [-0.3, -0.25) is 0 Å². The van der Waals surface area contributed by atoms with Crippen LogP contribution in [-0.2, 0) is 5.41 Å². The highest BCUT2D eigenvalue weighted by atomic mass is 32.1. The second kappa shape index (κ2) is 8.54. The summed E-state index contributed by atoms with van der Waals surface area (Å²) in [6.45, 7) is 10.4. The molecular formula is C20H29N3O2S. The minimum atomic E-state index is -0.187. The number of carbonyl (C=O) groups excluding carboxylic acids is 1. The quantitative estimate of drug-likeness (QED) is 0.750. The molecule has 6 heteroatoms. The van der Waals surface area contributed by atoms with Crippen LogP contribution in [0.4, 0.5) is 4.79 Å². The predicted octanol–water partition coefficient (Wildman–Crippen LogP) is 4.96. The van der Waals surface area contributed by atoms with Crippen LogP contribution < -0.4 is 15.4 Å². The molecule has 2 amide bonds. The first-order valence-corrected chi connectivity index (χ1v) is 9.79. The third kappa shape index (κ3) is 5.21. The molecule has 2 aromatic rings. The molecule has 2 atom stereocenters. The summed E-state index contributed by atoms with van der Waals surface area (Å²) in [6.07, 6.45) is 0.805. The van der Waals surface area contributed by atoms with Crippen molar-refractivity contribution < 1.29 is 9.53 Å². The van der Waals surface area contributed by atoms with Gasteiger partial charge in [0, 0.05) is 10.8 Å². The minimum Gasteiger partial charge on any atom is -0.497 e. The van der Waals surface area contributed by atoms with Gasteiger partial charge in [-0.2, -0.15) is 0 Å². The fourth-order valence-electron chi connectivity index (χ4n) is 2.55. The van der Waals surface area contributed by atoms with Crippen LogP contribution in [-0.4, -0.2) is 18.1 Å². The third-order valence-corrected chi connectivity index (χ3v) is 5.27. The molecule has 2 unspecified atom stereocenters. The van der Waals surface area contributed by atoms with Gasteiger partial charge in [0.25, 0.3) is 0 Å². The van der Waals surface area contributed by atoms with E-state index in [2.05, 4.69) is 48.7 Å². The zero-order valence-electron chi connectivity index (χ0n) is 16.4. The number of ether oxygens (including phenoxy) is 1. The number of aromatic nitrogens is 1. The van der Waals surface area contributed by atoms with Crippen molar-refractivity contribution in [1.82, 2.24) is 15.6 Å². The zero-order chi connectivity index (χ0) is 19.3. The molecule has 0 spiro atoms. The van der Waals surface area contributed by atoms with E-state index in [9.17, 15) is 4.79 Å². The molecule has 2 N–H and O–H groups in total. The molecule has 5 nitrogen and oxygen atoms in total. The number of hydrogen-bond donors (Lipinski definition) is 2. The van der Waals surface area contributed by atoms with E-state index in [0.717, 1.165) is 28.4 Å². The number of methoxy groups -OCH3 is 1. The Bertz CT molecular complexity index is 719. The largest absolute Gasteiger partial charge is 0.497 e. The van der Waals surface area contributed by atoms with Crippen LogP contribution in [0.15, 0.2) is 29.6 Å². The smallest absolute Gasteiger partial charge is 0.315 e. The highest BCUT2D eigenvalue weighted by molar-refractivity contribution is 7.09. The van der Waals surface area contributed by atoms with E-state index in [4.69, 9.17) is 4.74 Å². The van der Waals surface area contributed by atoms with Crippen LogP contribution in [0, 0.1) is 0 Å². The number of nitrogens with zero attached hydrogens (tertiary/aromatic N) is 1. The summed E-state index contributed by atoms with van der Waals surface area (Å²) < 4.78 is 5.19. The minimum absolute atomic E-state index is 0.0123. The Kier molecular flexibility index (Phi) is 6.64. The first-order valence-electron chi connectivity index (χ1n) is 8.91. The van der Waals surface area contributed by atoms with E-state index in [1.165, 1.54) is 0 Å². The summed E-state index contributed by atoms with van der Waals surface area (Å²) in [5, 5.41) is 9.02. The number of urea groups is 1. The molecular weight excluding hydrogens is 346 g/mol. The van der Waals surface area contributed by atoms with Crippen molar-refractivity contribution in [2.75, 3.05) is 7.11 Å². The Morgan fingerprint density at radius 3 is 2.38 bits per heavy atom. The van der Waals surface area contributed by atoms with E-state index in [1.54, 1.807) is 18.4 Å². The van der Waals surface area contributed by atoms with Gasteiger partial charge in [-0.25, -0.2) is 9.78 Å². The van der Waals surface area contributed by atoms with Crippen LogP contribution >= 0.6 is 11.3 Å². The Balaban J connectivity index is 1.98. The maximum Gasteiger partial charge on any atom is 0.315 e. The Morgan fingerprint density at radius 1 is 1.23 bits per heavy atom. The van der Waals surface area contributed by atoms with Crippen LogP contribution in [0.1, 0.15) is 69.4 Å². The molecule has 26 heavy (non-hydrogen) atoms. The number of nitrogens with one attached hydrogen (secondary N) is 2. The molecule has 0 aliphatic rings. The summed E-state index contributed by atoms with van der Waals surface area (Å²) >= 11 is 1.58. The second-order valence-electron chi connectivity index (χ2n) is 7.39. The van der Waals surface area contributed by atoms with Gasteiger partial charge in [0.2, 0.25) is 0 Å². The van der Waals surface area contributed by atoms with E-state index in [0.29, 0.717) is 0 Å². The average molecular weight is 376 g/mol. The fraction of sp³-hybridized carbons (Fsp3) is 0.500. The Labute approximate surface area is 160 Å². The molecule has 1 aromatic heterocycles. The van der Waals surface area contributed by atoms with Crippen LogP contribution in [0.25, 0.3) is 0 Å². The van der Waals surface area contributed by atoms with E-state index in [1.807, 2.05) is 31.2 Å². The van der Waals surface area contributed by atoms with Gasteiger partial charge in [0.05, 0.1) is 24.9 Å². The number of carbonyl (C=O) groups is 1. The van der Waals surface area contributed by atoms with Crippen molar-refractivity contribution in [2.24, 2.45) is 0 Å². The third-order valence-electron chi connectivity index (χ3n) is 4.24. The van der Waals surface area contributed by atoms with Crippen molar-refractivity contribution in [1.29, 1.82) is 0 Å². The Morgan fingerprint density at radius 2 is 1.88 bits per heavy atom. The van der Waals surface area contributed by atoms with Crippen LogP contribution in [0.5, 0.6) is 5.75 Å². The molecule has 1 heterocycles. The van der Waals surface area contributed by atoms with Gasteiger partial charge in [0.1, 0.15) is 10.8 Å². The summed E-state index contributed by atoms with van der Waals surface area (Å²) in [4.78, 5) is 17.1. The predicted molar refractivity (Wildman–Crippen MR) is 107 cm³/mol. The second-order valence-corrected chi connectivity index (χ2v) is 8.28. The number of hydrogen-bond acceptors (Lipinski definition) is 4. The standard InChI is InChI=1S/C20H29N3O2S/c1-7-16(14-8-10-15(25-6)11-9-14)22-19(24)21-13(2)18-23-17(12-26-18)20(3,4)5/h8-13,16H,7H2,1-6H3,(H2,21,22,24). The van der Waals surface area contributed by atoms with Crippen molar-refractivity contribution in [2.45, 2.75) is 58.5 Å². The number of benzene rings is 1. The lowest BCUT2D eigenvalue weighted by atomic mass is 9.93. The molecule has 0 bridgehead atoms. The monoisotopic (exact) mass is 375 g/mol. The molecule has 0 saturated carbocycles. The SMILES string of the molecule is CCC(NC(=O)NC(C)c1nc(C(C)(C)C)cs1)c1ccc(OC)cc1. The van der Waals surface area contributed by atoms with Crippen LogP contribution in [0.3, 0.4) is 0 Å². The molecule has 0 radical (unpaired) electrons. The molecule has 0 fully saturated rings. The molecule has 0 aliphatic carbocycles. The number of thiazole rings is 1. The van der Waals surface area contributed by atoms with E-state index in [-0.39, 0.29) is 23.5 Å². The van der Waals surface area contributed by atoms with Gasteiger partial charge in [0.15, 0.2) is 0 Å². The topological polar surface area (TPSA) is 63.2 Å². The van der Waals surface area contributed by atoms with Gasteiger partial charge in [-0.05, 0) is 31.0 Å². The molecule has 0 saturated heterocycles. The van der Waals surface area contributed by atoms with E-state index >= 15 is 0 Å². The van der Waals surface area contributed by atoms with Gasteiger partial charge >= 0.3 is 6.03 Å². The zero-order valence-corrected chi connectivity index (χ0v) is 17.2. The van der Waals surface area contributed by atoms with Crippen molar-refractivity contribution in [3.8, 4) is 5.75 Å². The maximum absolute atomic E-state index is 12.4. The molecule has 2 rings (SSSR count). The lowest BCUT2D eigenvalue weighted by molar-refractivity contribution is 0.233. The summed E-state index contributed by atoms with van der Waals surface area (Å²) in [5.74, 6) is 0.806. The first kappa shape index (κ1) is 20.2. The van der Waals surface area contributed by atoms with E-state index < -0.39 is 0 Å². The van der Waals surface area contributed by atoms with Crippen molar-refractivity contribution in [3.63, 3.8) is 0 Å². The lowest BCUT2D eigenvalue weighted by Gasteiger charge is -2.20. The highest BCUT2D eigenvalue weighted by Gasteiger charge is 2.21. The molecule has 142 valence electrons. The summed E-state index contributed by atoms with van der Waals surface area (Å²) in [7, 11) is 1.64. The molecule has 1 aromatic carbocycles. The number of amides is 2. The van der Waals surface area contributed by atoms with Crippen molar-refractivity contribution in [3.05, 3.63) is 45.9 Å². The normalized spacial score (nSPS) is 13.8. The highest BCUT2D eigenvalue weighted by Crippen LogP contribution is 2.27. The molecule has 0 aliphatic heterocycles. The maximum atomic E-state index is 12.4. The summed E-state index contributed by atoms with van der Waals surface area (Å²) in [6, 6.07) is 7.40. The fourth-order valence-corrected chi connectivity index (χ4v) is 3.60. The lowest BCUT2D eigenvalue weighted by Crippen LogP contribution is -2.39. The van der Waals surface area contributed by atoms with Gasteiger partial charge < -0.3 is 15.4 Å².